The molecule has 1 aliphatic rings. The first kappa shape index (κ1) is 12.2. The van der Waals surface area contributed by atoms with Crippen LogP contribution in [0.2, 0.25) is 0 Å². The van der Waals surface area contributed by atoms with Crippen LogP contribution in [-0.4, -0.2) is 19.7 Å². The van der Waals surface area contributed by atoms with Crippen LogP contribution in [0.1, 0.15) is 39.3 Å². The summed E-state index contributed by atoms with van der Waals surface area (Å²) in [6.07, 6.45) is 2.26. The Bertz CT molecular complexity index is 660. The normalized spacial score (nSPS) is 17.9. The number of aryl methyl sites for hydroxylation is 1. The van der Waals surface area contributed by atoms with Crippen molar-refractivity contribution in [3.8, 4) is 0 Å². The van der Waals surface area contributed by atoms with Crippen molar-refractivity contribution in [3.63, 3.8) is 0 Å². The van der Waals surface area contributed by atoms with Crippen LogP contribution in [0.5, 0.6) is 0 Å². The maximum Gasteiger partial charge on any atom is 0.224 e. The minimum atomic E-state index is 0.0834. The topological polar surface area (TPSA) is 95.6 Å². The molecule has 1 saturated carbocycles. The molecular weight excluding hydrogens is 240 g/mol. The summed E-state index contributed by atoms with van der Waals surface area (Å²) in [6, 6.07) is 0. The van der Waals surface area contributed by atoms with Gasteiger partial charge in [0, 0.05) is 12.5 Å². The van der Waals surface area contributed by atoms with Crippen molar-refractivity contribution in [2.24, 2.45) is 12.5 Å². The molecule has 1 aliphatic carbocycles. The number of fused-ring (bicyclic) bond motifs is 1. The fourth-order valence-electron chi connectivity index (χ4n) is 2.99. The van der Waals surface area contributed by atoms with E-state index in [-0.39, 0.29) is 16.8 Å². The molecule has 102 valence electrons. The lowest BCUT2D eigenvalue weighted by Crippen LogP contribution is -2.27. The van der Waals surface area contributed by atoms with E-state index < -0.39 is 0 Å². The van der Waals surface area contributed by atoms with Gasteiger partial charge in [0.05, 0.1) is 11.1 Å². The molecule has 2 aromatic heterocycles. The first-order valence-electron chi connectivity index (χ1n) is 6.52. The lowest BCUT2D eigenvalue weighted by molar-refractivity contribution is 0.293. The highest BCUT2D eigenvalue weighted by Gasteiger charge is 2.56. The lowest BCUT2D eigenvalue weighted by atomic mass is 9.75. The Kier molecular flexibility index (Phi) is 2.17. The van der Waals surface area contributed by atoms with Crippen molar-refractivity contribution in [3.05, 3.63) is 5.69 Å². The molecule has 2 aromatic rings. The van der Waals surface area contributed by atoms with Gasteiger partial charge in [-0.2, -0.15) is 15.1 Å². The van der Waals surface area contributed by atoms with Crippen molar-refractivity contribution in [2.75, 3.05) is 11.5 Å². The quantitative estimate of drug-likeness (QED) is 0.812. The Balaban J connectivity index is 2.33. The van der Waals surface area contributed by atoms with Gasteiger partial charge in [0.25, 0.3) is 0 Å². The summed E-state index contributed by atoms with van der Waals surface area (Å²) in [5.74, 6) is 0.626. The van der Waals surface area contributed by atoms with Crippen LogP contribution >= 0.6 is 0 Å². The van der Waals surface area contributed by atoms with Gasteiger partial charge in [-0.05, 0) is 18.3 Å². The van der Waals surface area contributed by atoms with Crippen molar-refractivity contribution >= 4 is 22.8 Å². The number of aromatic nitrogens is 4. The highest BCUT2D eigenvalue weighted by atomic mass is 15.3. The van der Waals surface area contributed by atoms with Crippen LogP contribution < -0.4 is 11.5 Å². The summed E-state index contributed by atoms with van der Waals surface area (Å²) < 4.78 is 1.75. The number of hydrogen-bond donors (Lipinski definition) is 2. The zero-order chi connectivity index (χ0) is 14.0. The Morgan fingerprint density at radius 3 is 2.32 bits per heavy atom. The summed E-state index contributed by atoms with van der Waals surface area (Å²) in [4.78, 5) is 8.36. The van der Waals surface area contributed by atoms with Crippen LogP contribution in [0.15, 0.2) is 0 Å². The average molecular weight is 260 g/mol. The molecule has 0 amide bonds. The van der Waals surface area contributed by atoms with E-state index in [1.54, 1.807) is 4.68 Å². The molecule has 6 nitrogen and oxygen atoms in total. The lowest BCUT2D eigenvalue weighted by Gasteiger charge is -2.29. The average Bonchev–Trinajstić information content (AvgIpc) is 3.00. The molecule has 4 N–H and O–H groups in total. The van der Waals surface area contributed by atoms with E-state index >= 15 is 0 Å². The van der Waals surface area contributed by atoms with Gasteiger partial charge < -0.3 is 11.5 Å². The van der Waals surface area contributed by atoms with E-state index in [0.29, 0.717) is 5.82 Å². The standard InChI is InChI=1S/C13H20N6/c1-12(2,3)13(5-6-13)8-7-9(14)16-11(15)17-10(7)19(4)18-8/h5-6H2,1-4H3,(H4,14,15,16,17). The van der Waals surface area contributed by atoms with E-state index in [1.807, 2.05) is 7.05 Å². The van der Waals surface area contributed by atoms with Gasteiger partial charge >= 0.3 is 0 Å². The Morgan fingerprint density at radius 2 is 1.79 bits per heavy atom. The summed E-state index contributed by atoms with van der Waals surface area (Å²) in [5.41, 5.74) is 13.7. The first-order chi connectivity index (χ1) is 8.76. The van der Waals surface area contributed by atoms with Crippen LogP contribution in [0.4, 0.5) is 11.8 Å². The van der Waals surface area contributed by atoms with Gasteiger partial charge in [-0.1, -0.05) is 20.8 Å². The van der Waals surface area contributed by atoms with Crippen LogP contribution in [0, 0.1) is 5.41 Å². The summed E-state index contributed by atoms with van der Waals surface area (Å²) in [5, 5.41) is 5.54. The minimum Gasteiger partial charge on any atom is -0.383 e. The highest BCUT2D eigenvalue weighted by molar-refractivity contribution is 5.90. The first-order valence-corrected chi connectivity index (χ1v) is 6.52. The molecule has 0 aliphatic heterocycles. The largest absolute Gasteiger partial charge is 0.383 e. The second-order valence-electron chi connectivity index (χ2n) is 6.47. The molecule has 0 atom stereocenters. The molecule has 0 aromatic carbocycles. The summed E-state index contributed by atoms with van der Waals surface area (Å²) in [7, 11) is 1.87. The predicted octanol–water partition coefficient (Wildman–Crippen LogP) is 1.61. The monoisotopic (exact) mass is 260 g/mol. The number of hydrogen-bond acceptors (Lipinski definition) is 5. The molecule has 3 rings (SSSR count). The smallest absolute Gasteiger partial charge is 0.224 e. The summed E-state index contributed by atoms with van der Waals surface area (Å²) >= 11 is 0. The predicted molar refractivity (Wildman–Crippen MR) is 75.5 cm³/mol. The molecule has 6 heteroatoms. The van der Waals surface area contributed by atoms with E-state index in [1.165, 1.54) is 0 Å². The third kappa shape index (κ3) is 1.52. The third-order valence-corrected chi connectivity index (χ3v) is 4.37. The number of nitrogens with zero attached hydrogens (tertiary/aromatic N) is 4. The fraction of sp³-hybridized carbons (Fsp3) is 0.615. The minimum absolute atomic E-state index is 0.0834. The second-order valence-corrected chi connectivity index (χ2v) is 6.47. The van der Waals surface area contributed by atoms with Gasteiger partial charge in [0.1, 0.15) is 5.82 Å². The van der Waals surface area contributed by atoms with E-state index in [4.69, 9.17) is 11.5 Å². The number of rotatable bonds is 1. The van der Waals surface area contributed by atoms with Crippen molar-refractivity contribution < 1.29 is 0 Å². The maximum absolute atomic E-state index is 6.05. The van der Waals surface area contributed by atoms with Gasteiger partial charge in [-0.3, -0.25) is 0 Å². The molecule has 0 bridgehead atoms. The maximum atomic E-state index is 6.05. The highest BCUT2D eigenvalue weighted by Crippen LogP contribution is 2.60. The molecule has 0 radical (unpaired) electrons. The van der Waals surface area contributed by atoms with Crippen molar-refractivity contribution in [1.82, 2.24) is 19.7 Å². The van der Waals surface area contributed by atoms with E-state index in [0.717, 1.165) is 29.6 Å². The molecular formula is C13H20N6. The van der Waals surface area contributed by atoms with E-state index in [2.05, 4.69) is 35.8 Å². The number of nitrogens with two attached hydrogens (primary N) is 2. The molecule has 0 saturated heterocycles. The Labute approximate surface area is 112 Å². The van der Waals surface area contributed by atoms with Gasteiger partial charge in [-0.15, -0.1) is 0 Å². The molecule has 2 heterocycles. The van der Waals surface area contributed by atoms with E-state index in [9.17, 15) is 0 Å². The fourth-order valence-corrected chi connectivity index (χ4v) is 2.99. The second kappa shape index (κ2) is 3.37. The van der Waals surface area contributed by atoms with Crippen LogP contribution in [0.25, 0.3) is 11.0 Å². The zero-order valence-electron chi connectivity index (χ0n) is 11.9. The Morgan fingerprint density at radius 1 is 1.16 bits per heavy atom. The van der Waals surface area contributed by atoms with Gasteiger partial charge in [-0.25, -0.2) is 4.68 Å². The van der Waals surface area contributed by atoms with Crippen LogP contribution in [0.3, 0.4) is 0 Å². The summed E-state index contributed by atoms with van der Waals surface area (Å²) in [6.45, 7) is 6.73. The SMILES string of the molecule is Cn1nc(C2(C(C)(C)C)CC2)c2c(N)nc(N)nc21. The number of nitrogen functional groups attached to an aromatic ring is 2. The van der Waals surface area contributed by atoms with Crippen molar-refractivity contribution in [2.45, 2.75) is 39.0 Å². The Hall–Kier alpha value is -1.85. The van der Waals surface area contributed by atoms with Crippen LogP contribution in [-0.2, 0) is 12.5 Å². The number of anilines is 2. The van der Waals surface area contributed by atoms with Gasteiger partial charge in [0.2, 0.25) is 5.95 Å². The zero-order valence-corrected chi connectivity index (χ0v) is 11.9. The molecule has 19 heavy (non-hydrogen) atoms. The molecule has 1 fully saturated rings. The third-order valence-electron chi connectivity index (χ3n) is 4.37. The van der Waals surface area contributed by atoms with Crippen molar-refractivity contribution in [1.29, 1.82) is 0 Å². The van der Waals surface area contributed by atoms with Gasteiger partial charge in [0.15, 0.2) is 5.65 Å². The molecule has 0 spiro atoms. The molecule has 0 unspecified atom stereocenters.